The molecule has 0 amide bonds. The van der Waals surface area contributed by atoms with Gasteiger partial charge >= 0.3 is 5.63 Å². The molecular weight excluding hydrogens is 328 g/mol. The summed E-state index contributed by atoms with van der Waals surface area (Å²) in [5.41, 5.74) is 0.283. The molecule has 1 aromatic heterocycles. The largest absolute Gasteiger partial charge is 0.507 e. The van der Waals surface area contributed by atoms with Crippen LogP contribution in [0.5, 0.6) is 5.75 Å². The maximum Gasteiger partial charge on any atom is 0.343 e. The van der Waals surface area contributed by atoms with Gasteiger partial charge in [-0.2, -0.15) is 0 Å². The predicted molar refractivity (Wildman–Crippen MR) is 92.7 cm³/mol. The monoisotopic (exact) mass is 342 g/mol. The van der Waals surface area contributed by atoms with Crippen molar-refractivity contribution in [3.8, 4) is 5.75 Å². The quantitative estimate of drug-likeness (QED) is 0.719. The van der Waals surface area contributed by atoms with E-state index >= 15 is 0 Å². The molecule has 0 bridgehead atoms. The van der Waals surface area contributed by atoms with Crippen molar-refractivity contribution in [2.45, 2.75) is 19.3 Å². The van der Waals surface area contributed by atoms with Gasteiger partial charge in [-0.05, 0) is 30.7 Å². The Bertz CT molecular complexity index is 975. The van der Waals surface area contributed by atoms with Gasteiger partial charge in [-0.1, -0.05) is 41.9 Å². The summed E-state index contributed by atoms with van der Waals surface area (Å²) in [6, 6.07) is 13.7. The van der Waals surface area contributed by atoms with Crippen LogP contribution in [0, 0.1) is 0 Å². The van der Waals surface area contributed by atoms with Crippen molar-refractivity contribution < 1.29 is 14.3 Å². The van der Waals surface area contributed by atoms with Crippen molar-refractivity contribution >= 4 is 28.4 Å². The third kappa shape index (κ3) is 2.93. The molecule has 1 N–H and O–H groups in total. The Labute approximate surface area is 143 Å². The van der Waals surface area contributed by atoms with Crippen LogP contribution in [0.1, 0.15) is 30.4 Å². The maximum absolute atomic E-state index is 12.5. The minimum Gasteiger partial charge on any atom is -0.507 e. The van der Waals surface area contributed by atoms with Crippen LogP contribution in [0.3, 0.4) is 0 Å². The number of Topliss-reactive ketones (excluding diaryl/α,β-unsaturated/α-hetero) is 1. The number of carbonyl (C=O) groups is 1. The minimum atomic E-state index is -0.669. The van der Waals surface area contributed by atoms with Crippen LogP contribution in [-0.2, 0) is 4.79 Å². The van der Waals surface area contributed by atoms with Gasteiger partial charge < -0.3 is 9.52 Å². The third-order valence-corrected chi connectivity index (χ3v) is 4.28. The van der Waals surface area contributed by atoms with E-state index in [9.17, 15) is 14.7 Å². The molecular formula is C19H15ClO4. The first kappa shape index (κ1) is 16.3. The number of hydrogen-bond acceptors (Lipinski definition) is 4. The fraction of sp³-hybridized carbons (Fsp3) is 0.158. The lowest BCUT2D eigenvalue weighted by Crippen LogP contribution is -2.16. The van der Waals surface area contributed by atoms with Gasteiger partial charge in [0.1, 0.15) is 17.1 Å². The molecule has 0 saturated heterocycles. The lowest BCUT2D eigenvalue weighted by molar-refractivity contribution is -0.117. The van der Waals surface area contributed by atoms with E-state index in [0.717, 1.165) is 0 Å². The summed E-state index contributed by atoms with van der Waals surface area (Å²) in [5.74, 6) is -0.961. The van der Waals surface area contributed by atoms with Crippen LogP contribution in [0.25, 0.3) is 11.0 Å². The van der Waals surface area contributed by atoms with E-state index in [4.69, 9.17) is 16.0 Å². The molecule has 2 aromatic carbocycles. The van der Waals surface area contributed by atoms with E-state index in [1.165, 1.54) is 6.92 Å². The topological polar surface area (TPSA) is 67.5 Å². The van der Waals surface area contributed by atoms with Crippen LogP contribution >= 0.6 is 11.6 Å². The molecule has 0 fully saturated rings. The minimum absolute atomic E-state index is 0.0421. The number of benzene rings is 2. The first-order valence-electron chi connectivity index (χ1n) is 7.47. The second kappa shape index (κ2) is 6.49. The molecule has 3 aromatic rings. The van der Waals surface area contributed by atoms with E-state index in [2.05, 4.69) is 0 Å². The van der Waals surface area contributed by atoms with E-state index < -0.39 is 11.5 Å². The summed E-state index contributed by atoms with van der Waals surface area (Å²) >= 11 is 6.25. The summed E-state index contributed by atoms with van der Waals surface area (Å²) < 4.78 is 5.33. The summed E-state index contributed by atoms with van der Waals surface area (Å²) in [5, 5.41) is 11.5. The van der Waals surface area contributed by atoms with Crippen molar-refractivity contribution in [1.29, 1.82) is 0 Å². The van der Waals surface area contributed by atoms with Crippen LogP contribution in [0.2, 0.25) is 5.02 Å². The van der Waals surface area contributed by atoms with Crippen molar-refractivity contribution in [3.05, 3.63) is 75.1 Å². The molecule has 0 spiro atoms. The SMILES string of the molecule is CC(=O)C[C@@H](c1ccccc1Cl)c1c(O)c2ccccc2oc1=O. The first-order chi connectivity index (χ1) is 11.5. The van der Waals surface area contributed by atoms with Crippen LogP contribution < -0.4 is 5.63 Å². The highest BCUT2D eigenvalue weighted by molar-refractivity contribution is 6.31. The fourth-order valence-electron chi connectivity index (χ4n) is 2.87. The summed E-state index contributed by atoms with van der Waals surface area (Å²) in [6.07, 6.45) is 0.0421. The van der Waals surface area contributed by atoms with Crippen molar-refractivity contribution in [2.24, 2.45) is 0 Å². The Hall–Kier alpha value is -2.59. The molecule has 5 heteroatoms. The van der Waals surface area contributed by atoms with E-state index in [0.29, 0.717) is 21.6 Å². The third-order valence-electron chi connectivity index (χ3n) is 3.94. The highest BCUT2D eigenvalue weighted by Gasteiger charge is 2.27. The lowest BCUT2D eigenvalue weighted by atomic mass is 9.87. The summed E-state index contributed by atoms with van der Waals surface area (Å²) in [4.78, 5) is 24.2. The van der Waals surface area contributed by atoms with Gasteiger partial charge in [-0.15, -0.1) is 0 Å². The summed E-state index contributed by atoms with van der Waals surface area (Å²) in [7, 11) is 0. The Kier molecular flexibility index (Phi) is 4.40. The molecule has 3 rings (SSSR count). The first-order valence-corrected chi connectivity index (χ1v) is 7.85. The average Bonchev–Trinajstić information content (AvgIpc) is 2.54. The number of fused-ring (bicyclic) bond motifs is 1. The highest BCUT2D eigenvalue weighted by atomic mass is 35.5. The van der Waals surface area contributed by atoms with Crippen LogP contribution in [-0.4, -0.2) is 10.9 Å². The maximum atomic E-state index is 12.5. The molecule has 122 valence electrons. The molecule has 0 saturated carbocycles. The van der Waals surface area contributed by atoms with Gasteiger partial charge in [-0.25, -0.2) is 4.79 Å². The fourth-order valence-corrected chi connectivity index (χ4v) is 3.14. The number of hydrogen-bond donors (Lipinski definition) is 1. The molecule has 0 aliphatic heterocycles. The van der Waals surface area contributed by atoms with Gasteiger partial charge in [0, 0.05) is 17.4 Å². The molecule has 24 heavy (non-hydrogen) atoms. The van der Waals surface area contributed by atoms with Crippen molar-refractivity contribution in [1.82, 2.24) is 0 Å². The molecule has 0 aliphatic carbocycles. The molecule has 1 heterocycles. The Morgan fingerprint density at radius 2 is 1.83 bits per heavy atom. The van der Waals surface area contributed by atoms with Crippen LogP contribution in [0.4, 0.5) is 0 Å². The van der Waals surface area contributed by atoms with Crippen molar-refractivity contribution in [2.75, 3.05) is 0 Å². The van der Waals surface area contributed by atoms with E-state index in [1.54, 1.807) is 48.5 Å². The van der Waals surface area contributed by atoms with Gasteiger partial charge in [-0.3, -0.25) is 4.79 Å². The smallest absolute Gasteiger partial charge is 0.343 e. The number of ketones is 1. The Balaban J connectivity index is 2.29. The van der Waals surface area contributed by atoms with Crippen LogP contribution in [0.15, 0.2) is 57.7 Å². The standard InChI is InChI=1S/C19H15ClO4/c1-11(21)10-14(12-6-2-4-8-15(12)20)17-18(22)13-7-3-5-9-16(13)24-19(17)23/h2-9,14,22H,10H2,1H3/t14-/m0/s1. The molecule has 0 unspecified atom stereocenters. The predicted octanol–water partition coefficient (Wildman–Crippen LogP) is 4.26. The second-order valence-corrected chi connectivity index (χ2v) is 6.04. The number of rotatable bonds is 4. The zero-order valence-corrected chi connectivity index (χ0v) is 13.7. The van der Waals surface area contributed by atoms with Gasteiger partial charge in [0.2, 0.25) is 0 Å². The second-order valence-electron chi connectivity index (χ2n) is 5.63. The zero-order valence-electron chi connectivity index (χ0n) is 13.0. The Morgan fingerprint density at radius 3 is 2.54 bits per heavy atom. The van der Waals surface area contributed by atoms with E-state index in [-0.39, 0.29) is 23.5 Å². The highest BCUT2D eigenvalue weighted by Crippen LogP contribution is 2.38. The van der Waals surface area contributed by atoms with Crippen molar-refractivity contribution in [3.63, 3.8) is 0 Å². The Morgan fingerprint density at radius 1 is 1.17 bits per heavy atom. The molecule has 1 atom stereocenters. The average molecular weight is 343 g/mol. The lowest BCUT2D eigenvalue weighted by Gasteiger charge is -2.18. The molecule has 0 aliphatic rings. The number of para-hydroxylation sites is 1. The number of aromatic hydroxyl groups is 1. The molecule has 4 nitrogen and oxygen atoms in total. The van der Waals surface area contributed by atoms with Gasteiger partial charge in [0.25, 0.3) is 0 Å². The molecule has 0 radical (unpaired) electrons. The summed E-state index contributed by atoms with van der Waals surface area (Å²) in [6.45, 7) is 1.43. The van der Waals surface area contributed by atoms with E-state index in [1.807, 2.05) is 0 Å². The zero-order chi connectivity index (χ0) is 17.3. The number of halogens is 1. The normalized spacial score (nSPS) is 12.2. The number of carbonyl (C=O) groups excluding carboxylic acids is 1. The van der Waals surface area contributed by atoms with Gasteiger partial charge in [0.05, 0.1) is 10.9 Å². The van der Waals surface area contributed by atoms with Gasteiger partial charge in [0.15, 0.2) is 0 Å².